The van der Waals surface area contributed by atoms with Crippen LogP contribution >= 0.6 is 11.6 Å². The van der Waals surface area contributed by atoms with Gasteiger partial charge in [-0.05, 0) is 72.8 Å². The van der Waals surface area contributed by atoms with Gasteiger partial charge in [-0.15, -0.1) is 0 Å². The van der Waals surface area contributed by atoms with E-state index >= 15 is 0 Å². The normalized spacial score (nSPS) is 11.0. The van der Waals surface area contributed by atoms with Crippen LogP contribution in [0.2, 0.25) is 5.02 Å². The van der Waals surface area contributed by atoms with Gasteiger partial charge in [0, 0.05) is 12.1 Å². The molecule has 0 radical (unpaired) electrons. The highest BCUT2D eigenvalue weighted by Gasteiger charge is 2.21. The number of hydrogen-bond donors (Lipinski definition) is 0. The van der Waals surface area contributed by atoms with Gasteiger partial charge >= 0.3 is 5.97 Å². The van der Waals surface area contributed by atoms with Crippen LogP contribution in [0.4, 0.5) is 5.69 Å². The van der Waals surface area contributed by atoms with Crippen LogP contribution < -0.4 is 13.8 Å². The fourth-order valence-corrected chi connectivity index (χ4v) is 3.84. The van der Waals surface area contributed by atoms with E-state index in [9.17, 15) is 13.2 Å². The number of esters is 1. The van der Waals surface area contributed by atoms with Crippen LogP contribution in [0.1, 0.15) is 10.4 Å². The lowest BCUT2D eigenvalue weighted by Crippen LogP contribution is -2.26. The van der Waals surface area contributed by atoms with Crippen LogP contribution in [0, 0.1) is 0 Å². The van der Waals surface area contributed by atoms with Gasteiger partial charge in [-0.25, -0.2) is 13.2 Å². The Hall–Kier alpha value is -3.03. The molecule has 0 saturated heterocycles. The molecule has 0 spiro atoms. The highest BCUT2D eigenvalue weighted by molar-refractivity contribution is 7.92. The zero-order chi connectivity index (χ0) is 21.0. The number of sulfonamides is 1. The fraction of sp³-hybridized carbons (Fsp3) is 0.0952. The second kappa shape index (κ2) is 8.55. The minimum absolute atomic E-state index is 0.124. The van der Waals surface area contributed by atoms with E-state index in [0.717, 1.165) is 4.31 Å². The highest BCUT2D eigenvalue weighted by Crippen LogP contribution is 2.25. The van der Waals surface area contributed by atoms with E-state index in [2.05, 4.69) is 0 Å². The molecule has 3 aromatic rings. The average Bonchev–Trinajstić information content (AvgIpc) is 2.74. The summed E-state index contributed by atoms with van der Waals surface area (Å²) in [4.78, 5) is 12.3. The first-order valence-corrected chi connectivity index (χ1v) is 10.3. The van der Waals surface area contributed by atoms with Crippen molar-refractivity contribution in [1.29, 1.82) is 0 Å². The first-order valence-electron chi connectivity index (χ1n) is 8.52. The highest BCUT2D eigenvalue weighted by atomic mass is 35.5. The smallest absolute Gasteiger partial charge is 0.343 e. The van der Waals surface area contributed by atoms with E-state index in [1.807, 2.05) is 0 Å². The SMILES string of the molecule is COc1ccc(C(=O)Oc2ccc(N(C)S(=O)(=O)c3ccc(Cl)cc3)cc2)cc1. The maximum Gasteiger partial charge on any atom is 0.343 e. The molecule has 3 rings (SSSR count). The predicted octanol–water partition coefficient (Wildman–Crippen LogP) is 4.39. The van der Waals surface area contributed by atoms with Crippen molar-refractivity contribution in [3.8, 4) is 11.5 Å². The Morgan fingerprint density at radius 1 is 0.862 bits per heavy atom. The molecule has 29 heavy (non-hydrogen) atoms. The summed E-state index contributed by atoms with van der Waals surface area (Å²) in [6.45, 7) is 0. The van der Waals surface area contributed by atoms with Crippen LogP contribution in [0.5, 0.6) is 11.5 Å². The summed E-state index contributed by atoms with van der Waals surface area (Å²) in [7, 11) is -0.752. The third-order valence-corrected chi connectivity index (χ3v) is 6.26. The maximum atomic E-state index is 12.7. The standard InChI is InChI=1S/C21H18ClNO5S/c1-23(29(25,26)20-13-5-16(22)6-14-20)17-7-11-19(12-8-17)28-21(24)15-3-9-18(27-2)10-4-15/h3-14H,1-2H3. The summed E-state index contributed by atoms with van der Waals surface area (Å²) in [6, 6.07) is 18.6. The average molecular weight is 432 g/mol. The molecule has 0 N–H and O–H groups in total. The molecule has 8 heteroatoms. The molecular weight excluding hydrogens is 414 g/mol. The molecule has 0 unspecified atom stereocenters. The molecule has 0 aliphatic heterocycles. The molecule has 150 valence electrons. The van der Waals surface area contributed by atoms with Crippen LogP contribution in [-0.4, -0.2) is 28.5 Å². The van der Waals surface area contributed by atoms with Gasteiger partial charge in [-0.2, -0.15) is 0 Å². The van der Waals surface area contributed by atoms with Gasteiger partial charge < -0.3 is 9.47 Å². The number of carbonyl (C=O) groups is 1. The number of carbonyl (C=O) groups excluding carboxylic acids is 1. The third-order valence-electron chi connectivity index (χ3n) is 4.21. The molecule has 0 aliphatic carbocycles. The van der Waals surface area contributed by atoms with E-state index in [4.69, 9.17) is 21.1 Å². The number of halogens is 1. The van der Waals surface area contributed by atoms with Crippen molar-refractivity contribution in [2.75, 3.05) is 18.5 Å². The Morgan fingerprint density at radius 2 is 1.41 bits per heavy atom. The predicted molar refractivity (Wildman–Crippen MR) is 111 cm³/mol. The molecule has 0 aliphatic rings. The van der Waals surface area contributed by atoms with Crippen LogP contribution in [0.25, 0.3) is 0 Å². The van der Waals surface area contributed by atoms with Crippen molar-refractivity contribution in [2.24, 2.45) is 0 Å². The topological polar surface area (TPSA) is 72.9 Å². The van der Waals surface area contributed by atoms with Gasteiger partial charge in [0.1, 0.15) is 11.5 Å². The van der Waals surface area contributed by atoms with Crippen LogP contribution in [-0.2, 0) is 10.0 Å². The first kappa shape index (κ1) is 20.7. The van der Waals surface area contributed by atoms with Gasteiger partial charge in [0.05, 0.1) is 23.3 Å². The van der Waals surface area contributed by atoms with Crippen LogP contribution in [0.3, 0.4) is 0 Å². The second-order valence-corrected chi connectivity index (χ2v) is 8.44. The molecule has 3 aromatic carbocycles. The lowest BCUT2D eigenvalue weighted by atomic mass is 10.2. The second-order valence-electron chi connectivity index (χ2n) is 6.04. The zero-order valence-corrected chi connectivity index (χ0v) is 17.3. The van der Waals surface area contributed by atoms with Crippen molar-refractivity contribution in [2.45, 2.75) is 4.90 Å². The minimum atomic E-state index is -3.74. The Balaban J connectivity index is 1.73. The van der Waals surface area contributed by atoms with Crippen LogP contribution in [0.15, 0.2) is 77.7 Å². The van der Waals surface area contributed by atoms with Gasteiger partial charge in [-0.1, -0.05) is 11.6 Å². The minimum Gasteiger partial charge on any atom is -0.497 e. The largest absolute Gasteiger partial charge is 0.497 e. The number of hydrogen-bond acceptors (Lipinski definition) is 5. The summed E-state index contributed by atoms with van der Waals surface area (Å²) in [5.41, 5.74) is 0.793. The fourth-order valence-electron chi connectivity index (χ4n) is 2.52. The van der Waals surface area contributed by atoms with E-state index in [-0.39, 0.29) is 4.90 Å². The van der Waals surface area contributed by atoms with Gasteiger partial charge in [-0.3, -0.25) is 4.31 Å². The molecule has 6 nitrogen and oxygen atoms in total. The molecule has 0 bridgehead atoms. The molecule has 0 saturated carbocycles. The van der Waals surface area contributed by atoms with E-state index in [0.29, 0.717) is 27.8 Å². The maximum absolute atomic E-state index is 12.7. The monoisotopic (exact) mass is 431 g/mol. The van der Waals surface area contributed by atoms with Crippen molar-refractivity contribution >= 4 is 33.3 Å². The Morgan fingerprint density at radius 3 is 1.97 bits per heavy atom. The Labute approximate surface area is 174 Å². The summed E-state index contributed by atoms with van der Waals surface area (Å²) >= 11 is 5.82. The van der Waals surface area contributed by atoms with E-state index in [1.165, 1.54) is 43.4 Å². The quantitative estimate of drug-likeness (QED) is 0.427. The number of rotatable bonds is 6. The summed E-state index contributed by atoms with van der Waals surface area (Å²) in [6.07, 6.45) is 0. The van der Waals surface area contributed by atoms with Gasteiger partial charge in [0.15, 0.2) is 0 Å². The van der Waals surface area contributed by atoms with Crippen molar-refractivity contribution in [3.63, 3.8) is 0 Å². The van der Waals surface area contributed by atoms with E-state index < -0.39 is 16.0 Å². The number of methoxy groups -OCH3 is 1. The number of anilines is 1. The molecule has 0 fully saturated rings. The Kier molecular flexibility index (Phi) is 6.10. The first-order chi connectivity index (χ1) is 13.8. The van der Waals surface area contributed by atoms with E-state index in [1.54, 1.807) is 43.5 Å². The van der Waals surface area contributed by atoms with Crippen molar-refractivity contribution in [1.82, 2.24) is 0 Å². The summed E-state index contributed by atoms with van der Waals surface area (Å²) in [5.74, 6) is 0.408. The number of ether oxygens (including phenoxy) is 2. The molecule has 0 aromatic heterocycles. The summed E-state index contributed by atoms with van der Waals surface area (Å²) < 4.78 is 37.0. The number of nitrogens with zero attached hydrogens (tertiary/aromatic N) is 1. The summed E-state index contributed by atoms with van der Waals surface area (Å²) in [5, 5.41) is 0.453. The molecule has 0 heterocycles. The molecular formula is C21H18ClNO5S. The third kappa shape index (κ3) is 4.70. The molecule has 0 atom stereocenters. The zero-order valence-electron chi connectivity index (χ0n) is 15.7. The number of benzene rings is 3. The van der Waals surface area contributed by atoms with Crippen molar-refractivity contribution < 1.29 is 22.7 Å². The van der Waals surface area contributed by atoms with Crippen molar-refractivity contribution in [3.05, 3.63) is 83.4 Å². The molecule has 0 amide bonds. The van der Waals surface area contributed by atoms with Gasteiger partial charge in [0.25, 0.3) is 10.0 Å². The lowest BCUT2D eigenvalue weighted by Gasteiger charge is -2.19. The Bertz CT molecular complexity index is 1100. The van der Waals surface area contributed by atoms with Gasteiger partial charge in [0.2, 0.25) is 0 Å². The lowest BCUT2D eigenvalue weighted by molar-refractivity contribution is 0.0734.